The van der Waals surface area contributed by atoms with Crippen molar-refractivity contribution in [3.63, 3.8) is 0 Å². The zero-order chi connectivity index (χ0) is 41.2. The quantitative estimate of drug-likeness (QED) is 0.139. The maximum absolute atomic E-state index is 2.69. The van der Waals surface area contributed by atoms with Crippen LogP contribution in [0.15, 0.2) is 212 Å². The Hall–Kier alpha value is -6.90. The Labute approximate surface area is 365 Å². The van der Waals surface area contributed by atoms with E-state index in [0.717, 1.165) is 5.92 Å². The van der Waals surface area contributed by atoms with Crippen molar-refractivity contribution in [3.05, 3.63) is 217 Å². The third-order valence-corrected chi connectivity index (χ3v) is 14.5. The van der Waals surface area contributed by atoms with Gasteiger partial charge in [-0.3, -0.25) is 0 Å². The highest BCUT2D eigenvalue weighted by atomic mass is 15.1. The molecule has 300 valence electrons. The highest BCUT2D eigenvalue weighted by molar-refractivity contribution is 6.09. The molecule has 2 heteroatoms. The fourth-order valence-electron chi connectivity index (χ4n) is 12.1. The summed E-state index contributed by atoms with van der Waals surface area (Å²) in [6.45, 7) is 2.51. The van der Waals surface area contributed by atoms with Crippen molar-refractivity contribution in [2.75, 3.05) is 4.90 Å². The number of anilines is 3. The van der Waals surface area contributed by atoms with Crippen molar-refractivity contribution in [2.45, 2.75) is 44.4 Å². The molecule has 0 radical (unpaired) electrons. The van der Waals surface area contributed by atoms with E-state index in [9.17, 15) is 0 Å². The van der Waals surface area contributed by atoms with Gasteiger partial charge in [0.05, 0.1) is 16.7 Å². The molecule has 1 fully saturated rings. The summed E-state index contributed by atoms with van der Waals surface area (Å²) >= 11 is 0. The van der Waals surface area contributed by atoms with Gasteiger partial charge in [0.2, 0.25) is 0 Å². The number of aromatic nitrogens is 1. The van der Waals surface area contributed by atoms with Gasteiger partial charge in [-0.25, -0.2) is 0 Å². The van der Waals surface area contributed by atoms with Crippen LogP contribution in [0.4, 0.5) is 17.1 Å². The first kappa shape index (κ1) is 36.9. The standard InChI is InChI=1S/C60H50N2/c1-41-34-42-35-43-37-48(36-42)60(39-41,40-43)56-22-9-12-25-59(56)61(50-32-28-46(29-33-50)53-19-6-5-18-52(53)45-14-3-2-4-15-45)49-30-26-44(27-31-49)47-16-13-17-51(38-47)62-57-23-10-7-20-54(57)55-21-8-11-24-58(55)62/h2-33,37-38,41-43H,34-36,39-40H2,1H3/t41-,42?,43+,60?/m0/s1. The van der Waals surface area contributed by atoms with E-state index in [1.54, 1.807) is 5.57 Å². The molecule has 3 bridgehead atoms. The summed E-state index contributed by atoms with van der Waals surface area (Å²) in [5.74, 6) is 2.22. The molecule has 4 atom stereocenters. The Morgan fingerprint density at radius 2 is 1.08 bits per heavy atom. The minimum atomic E-state index is 0.0753. The highest BCUT2D eigenvalue weighted by Crippen LogP contribution is 2.61. The van der Waals surface area contributed by atoms with Crippen LogP contribution in [0.25, 0.3) is 60.9 Å². The van der Waals surface area contributed by atoms with Crippen molar-refractivity contribution in [1.29, 1.82) is 0 Å². The first-order valence-corrected chi connectivity index (χ1v) is 22.6. The molecule has 1 saturated carbocycles. The van der Waals surface area contributed by atoms with Crippen molar-refractivity contribution < 1.29 is 0 Å². The van der Waals surface area contributed by atoms with Gasteiger partial charge in [-0.05, 0) is 143 Å². The number of para-hydroxylation sites is 3. The van der Waals surface area contributed by atoms with Crippen LogP contribution >= 0.6 is 0 Å². The Bertz CT molecular complexity index is 3080. The maximum atomic E-state index is 2.69. The molecule has 8 aromatic carbocycles. The summed E-state index contributed by atoms with van der Waals surface area (Å²) in [4.78, 5) is 2.55. The molecule has 1 heterocycles. The Morgan fingerprint density at radius 3 is 1.79 bits per heavy atom. The second kappa shape index (κ2) is 14.9. The van der Waals surface area contributed by atoms with Crippen molar-refractivity contribution in [1.82, 2.24) is 4.57 Å². The Kier molecular flexibility index (Phi) is 8.88. The lowest BCUT2D eigenvalue weighted by molar-refractivity contribution is 0.272. The van der Waals surface area contributed by atoms with E-state index in [1.165, 1.54) is 116 Å². The molecule has 3 aliphatic carbocycles. The Morgan fingerprint density at radius 1 is 0.500 bits per heavy atom. The lowest BCUT2D eigenvalue weighted by Gasteiger charge is -2.39. The van der Waals surface area contributed by atoms with Crippen LogP contribution in [-0.4, -0.2) is 4.57 Å². The average molecular weight is 799 g/mol. The van der Waals surface area contributed by atoms with Crippen molar-refractivity contribution >= 4 is 38.9 Å². The largest absolute Gasteiger partial charge is 0.310 e. The fourth-order valence-corrected chi connectivity index (χ4v) is 12.1. The van der Waals surface area contributed by atoms with Crippen LogP contribution < -0.4 is 4.90 Å². The predicted octanol–water partition coefficient (Wildman–Crippen LogP) is 16.3. The summed E-state index contributed by atoms with van der Waals surface area (Å²) in [6.07, 6.45) is 9.13. The summed E-state index contributed by atoms with van der Waals surface area (Å²) < 4.78 is 2.41. The van der Waals surface area contributed by atoms with Gasteiger partial charge in [-0.1, -0.05) is 164 Å². The lowest BCUT2D eigenvalue weighted by atomic mass is 9.68. The lowest BCUT2D eigenvalue weighted by Crippen LogP contribution is -2.30. The molecule has 62 heavy (non-hydrogen) atoms. The van der Waals surface area contributed by atoms with Crippen LogP contribution in [0.5, 0.6) is 0 Å². The SMILES string of the molecule is C[C@H]1CC2CC3=C[C@@H](C2)CC3(c2ccccc2N(c2ccc(-c3cccc(-n4c5ccccc5c5ccccc54)c3)cc2)c2ccc(-c3ccccc3-c3ccccc3)cc2)C1. The van der Waals surface area contributed by atoms with E-state index in [0.29, 0.717) is 11.8 Å². The predicted molar refractivity (Wildman–Crippen MR) is 261 cm³/mol. The van der Waals surface area contributed by atoms with Crippen LogP contribution in [0.2, 0.25) is 0 Å². The normalized spacial score (nSPS) is 20.3. The highest BCUT2D eigenvalue weighted by Gasteiger charge is 2.50. The molecule has 2 nitrogen and oxygen atoms in total. The van der Waals surface area contributed by atoms with Crippen LogP contribution in [0.1, 0.15) is 44.6 Å². The summed E-state index contributed by atoms with van der Waals surface area (Å²) in [7, 11) is 0. The topological polar surface area (TPSA) is 8.17 Å². The minimum absolute atomic E-state index is 0.0753. The minimum Gasteiger partial charge on any atom is -0.310 e. The molecular weight excluding hydrogens is 749 g/mol. The van der Waals surface area contributed by atoms with Crippen LogP contribution in [-0.2, 0) is 5.41 Å². The fraction of sp³-hybridized carbons (Fsp3) is 0.167. The van der Waals surface area contributed by atoms with Gasteiger partial charge >= 0.3 is 0 Å². The van der Waals surface area contributed by atoms with Crippen LogP contribution in [0, 0.1) is 17.8 Å². The van der Waals surface area contributed by atoms with Crippen LogP contribution in [0.3, 0.4) is 0 Å². The van der Waals surface area contributed by atoms with E-state index in [2.05, 4.69) is 223 Å². The molecule has 1 aromatic heterocycles. The third-order valence-electron chi connectivity index (χ3n) is 14.5. The second-order valence-electron chi connectivity index (χ2n) is 18.4. The number of rotatable bonds is 8. The van der Waals surface area contributed by atoms with E-state index < -0.39 is 0 Å². The van der Waals surface area contributed by atoms with Gasteiger partial charge in [-0.2, -0.15) is 0 Å². The van der Waals surface area contributed by atoms with E-state index in [-0.39, 0.29) is 5.41 Å². The number of hydrogen-bond donors (Lipinski definition) is 0. The summed E-state index contributed by atoms with van der Waals surface area (Å²) in [5, 5.41) is 2.56. The van der Waals surface area contributed by atoms with Gasteiger partial charge in [0.1, 0.15) is 0 Å². The van der Waals surface area contributed by atoms with Gasteiger partial charge in [-0.15, -0.1) is 0 Å². The van der Waals surface area contributed by atoms with Gasteiger partial charge in [0.25, 0.3) is 0 Å². The molecule has 0 saturated heterocycles. The number of benzene rings is 8. The average Bonchev–Trinajstić information content (AvgIpc) is 3.76. The Balaban J connectivity index is 0.969. The molecule has 12 rings (SSSR count). The van der Waals surface area contributed by atoms with Crippen molar-refractivity contribution in [3.8, 4) is 39.1 Å². The smallest absolute Gasteiger partial charge is 0.0541 e. The number of nitrogens with zero attached hydrogens (tertiary/aromatic N) is 2. The first-order valence-electron chi connectivity index (χ1n) is 22.6. The summed E-state index contributed by atoms with van der Waals surface area (Å²) in [6, 6.07) is 74.1. The molecule has 0 N–H and O–H groups in total. The molecule has 0 amide bonds. The van der Waals surface area contributed by atoms with Gasteiger partial charge in [0.15, 0.2) is 0 Å². The zero-order valence-electron chi connectivity index (χ0n) is 35.3. The molecular formula is C60H50N2. The van der Waals surface area contributed by atoms with E-state index in [4.69, 9.17) is 0 Å². The second-order valence-corrected chi connectivity index (χ2v) is 18.4. The van der Waals surface area contributed by atoms with Gasteiger partial charge < -0.3 is 9.47 Å². The molecule has 0 spiro atoms. The summed E-state index contributed by atoms with van der Waals surface area (Å²) in [5.41, 5.74) is 17.9. The molecule has 0 aliphatic heterocycles. The van der Waals surface area contributed by atoms with Crippen molar-refractivity contribution in [2.24, 2.45) is 17.8 Å². The van der Waals surface area contributed by atoms with E-state index >= 15 is 0 Å². The number of allylic oxidation sites excluding steroid dienone is 2. The molecule has 9 aromatic rings. The van der Waals surface area contributed by atoms with Gasteiger partial charge in [0, 0.05) is 33.2 Å². The zero-order valence-corrected chi connectivity index (χ0v) is 35.3. The van der Waals surface area contributed by atoms with E-state index in [1.807, 2.05) is 0 Å². The number of fused-ring (bicyclic) bond motifs is 5. The monoisotopic (exact) mass is 798 g/mol. The molecule has 2 unspecified atom stereocenters. The third kappa shape index (κ3) is 6.15. The maximum Gasteiger partial charge on any atom is 0.0541 e. The number of hydrogen-bond acceptors (Lipinski definition) is 1. The molecule has 3 aliphatic rings. The first-order chi connectivity index (χ1) is 30.6.